The second kappa shape index (κ2) is 5.73. The number of nitrogens with one attached hydrogen (secondary N) is 1. The van der Waals surface area contributed by atoms with E-state index in [9.17, 15) is 4.79 Å². The van der Waals surface area contributed by atoms with Crippen molar-refractivity contribution in [3.05, 3.63) is 40.8 Å². The smallest absolute Gasteiger partial charge is 0.258 e. The second-order valence-corrected chi connectivity index (χ2v) is 3.80. The van der Waals surface area contributed by atoms with Gasteiger partial charge < -0.3 is 5.32 Å². The number of amides is 1. The molecule has 0 heterocycles. The van der Waals surface area contributed by atoms with Gasteiger partial charge in [-0.25, -0.2) is 0 Å². The van der Waals surface area contributed by atoms with E-state index in [1.165, 1.54) is 17.3 Å². The fourth-order valence-electron chi connectivity index (χ4n) is 0.857. The van der Waals surface area contributed by atoms with Gasteiger partial charge >= 0.3 is 0 Å². The van der Waals surface area contributed by atoms with Crippen molar-refractivity contribution in [2.45, 2.75) is 4.90 Å². The molecule has 0 aromatic heterocycles. The fraction of sp³-hybridized carbons (Fsp3) is 0.100. The monoisotopic (exact) mass is 227 g/mol. The van der Waals surface area contributed by atoms with E-state index in [1.807, 2.05) is 30.3 Å². The number of halogens is 1. The summed E-state index contributed by atoms with van der Waals surface area (Å²) in [5.74, 6) is -0.172. The van der Waals surface area contributed by atoms with E-state index < -0.39 is 0 Å². The second-order valence-electron chi connectivity index (χ2n) is 2.47. The van der Waals surface area contributed by atoms with E-state index >= 15 is 0 Å². The summed E-state index contributed by atoms with van der Waals surface area (Å²) >= 11 is 6.89. The van der Waals surface area contributed by atoms with Crippen molar-refractivity contribution in [1.82, 2.24) is 5.32 Å². The van der Waals surface area contributed by atoms with Crippen molar-refractivity contribution in [2.24, 2.45) is 0 Å². The predicted molar refractivity (Wildman–Crippen MR) is 60.3 cm³/mol. The van der Waals surface area contributed by atoms with E-state index in [4.69, 9.17) is 11.6 Å². The third kappa shape index (κ3) is 3.09. The van der Waals surface area contributed by atoms with Crippen LogP contribution in [0.1, 0.15) is 0 Å². The number of thioether (sulfide) groups is 1. The molecule has 74 valence electrons. The molecule has 1 rings (SSSR count). The highest BCUT2D eigenvalue weighted by atomic mass is 35.5. The Morgan fingerprint density at radius 2 is 2.07 bits per heavy atom. The first-order valence-electron chi connectivity index (χ1n) is 4.03. The van der Waals surface area contributed by atoms with Gasteiger partial charge in [0.2, 0.25) is 0 Å². The molecule has 0 aliphatic heterocycles. The number of carbonyl (C=O) groups excluding carboxylic acids is 1. The van der Waals surface area contributed by atoms with Gasteiger partial charge in [-0.15, -0.1) is 0 Å². The number of hydrogen-bond acceptors (Lipinski definition) is 2. The van der Waals surface area contributed by atoms with Crippen molar-refractivity contribution in [3.8, 4) is 0 Å². The van der Waals surface area contributed by atoms with Crippen LogP contribution >= 0.6 is 23.4 Å². The third-order valence-electron chi connectivity index (χ3n) is 1.52. The van der Waals surface area contributed by atoms with E-state index in [0.717, 1.165) is 4.90 Å². The third-order valence-corrected chi connectivity index (χ3v) is 2.90. The average molecular weight is 228 g/mol. The van der Waals surface area contributed by atoms with Gasteiger partial charge in [0, 0.05) is 17.5 Å². The minimum Gasteiger partial charge on any atom is -0.355 e. The highest BCUT2D eigenvalue weighted by Gasteiger charge is 2.07. The number of likely N-dealkylation sites (N-methyl/N-ethyl adjacent to an activating group) is 1. The molecule has 0 bridgehead atoms. The predicted octanol–water partition coefficient (Wildman–Crippen LogP) is 2.60. The normalized spacial score (nSPS) is 11.1. The molecule has 4 heteroatoms. The molecule has 0 saturated heterocycles. The molecule has 0 radical (unpaired) electrons. The summed E-state index contributed by atoms with van der Waals surface area (Å²) in [5.41, 5.74) is 1.29. The van der Waals surface area contributed by atoms with E-state index in [0.29, 0.717) is 4.91 Å². The van der Waals surface area contributed by atoms with Gasteiger partial charge in [-0.2, -0.15) is 0 Å². The Morgan fingerprint density at radius 3 is 2.57 bits per heavy atom. The lowest BCUT2D eigenvalue weighted by molar-refractivity contribution is -0.116. The minimum absolute atomic E-state index is 0.172. The van der Waals surface area contributed by atoms with Gasteiger partial charge in [0.15, 0.2) is 0 Å². The van der Waals surface area contributed by atoms with Crippen molar-refractivity contribution in [2.75, 3.05) is 7.05 Å². The van der Waals surface area contributed by atoms with Crippen LogP contribution in [0.2, 0.25) is 0 Å². The molecule has 0 atom stereocenters. The van der Waals surface area contributed by atoms with Gasteiger partial charge in [0.25, 0.3) is 5.91 Å². The summed E-state index contributed by atoms with van der Waals surface area (Å²) < 4.78 is 0. The molecule has 0 spiro atoms. The molecule has 2 nitrogen and oxygen atoms in total. The molecule has 1 aromatic rings. The summed E-state index contributed by atoms with van der Waals surface area (Å²) in [5, 5.41) is 2.52. The molecule has 0 aliphatic rings. The molecule has 0 unspecified atom stereocenters. The zero-order valence-corrected chi connectivity index (χ0v) is 9.23. The van der Waals surface area contributed by atoms with Crippen molar-refractivity contribution in [1.29, 1.82) is 0 Å². The summed E-state index contributed by atoms with van der Waals surface area (Å²) in [6.45, 7) is 0. The lowest BCUT2D eigenvalue weighted by Gasteiger charge is -2.03. The molecule has 0 fully saturated rings. The standard InChI is InChI=1S/C10H10ClNOS/c1-12-10(13)9(7-11)14-8-5-3-2-4-6-8/h2-7H,1H3,(H,12,13)/b9-7-. The zero-order chi connectivity index (χ0) is 10.4. The zero-order valence-electron chi connectivity index (χ0n) is 7.66. The maximum absolute atomic E-state index is 11.3. The molecule has 0 aliphatic carbocycles. The quantitative estimate of drug-likeness (QED) is 0.635. The molecular weight excluding hydrogens is 218 g/mol. The highest BCUT2D eigenvalue weighted by Crippen LogP contribution is 2.26. The maximum atomic E-state index is 11.3. The number of hydrogen-bond donors (Lipinski definition) is 1. The summed E-state index contributed by atoms with van der Waals surface area (Å²) in [6, 6.07) is 9.60. The average Bonchev–Trinajstić information content (AvgIpc) is 2.26. The van der Waals surface area contributed by atoms with Crippen molar-refractivity contribution in [3.63, 3.8) is 0 Å². The Hall–Kier alpha value is -0.930. The Bertz CT molecular complexity index is 337. The van der Waals surface area contributed by atoms with E-state index in [2.05, 4.69) is 5.32 Å². The lowest BCUT2D eigenvalue weighted by Crippen LogP contribution is -2.18. The number of benzene rings is 1. The van der Waals surface area contributed by atoms with Crippen LogP contribution in [0, 0.1) is 0 Å². The fourth-order valence-corrected chi connectivity index (χ4v) is 1.88. The number of rotatable bonds is 3. The van der Waals surface area contributed by atoms with Crippen LogP contribution in [0.4, 0.5) is 0 Å². The Balaban J connectivity index is 2.73. The van der Waals surface area contributed by atoms with Crippen LogP contribution in [0.15, 0.2) is 45.7 Å². The Kier molecular flexibility index (Phi) is 4.56. The molecule has 1 aromatic carbocycles. The van der Waals surface area contributed by atoms with Gasteiger partial charge in [-0.05, 0) is 12.1 Å². The number of carbonyl (C=O) groups is 1. The van der Waals surface area contributed by atoms with Crippen LogP contribution < -0.4 is 5.32 Å². The lowest BCUT2D eigenvalue weighted by atomic mass is 10.4. The van der Waals surface area contributed by atoms with Crippen LogP contribution in [0.25, 0.3) is 0 Å². The maximum Gasteiger partial charge on any atom is 0.258 e. The Morgan fingerprint density at radius 1 is 1.43 bits per heavy atom. The molecule has 0 saturated carbocycles. The minimum atomic E-state index is -0.172. The first-order valence-corrected chi connectivity index (χ1v) is 5.28. The van der Waals surface area contributed by atoms with Crippen LogP contribution in [0.3, 0.4) is 0 Å². The van der Waals surface area contributed by atoms with Crippen molar-refractivity contribution < 1.29 is 4.79 Å². The van der Waals surface area contributed by atoms with Gasteiger partial charge in [-0.1, -0.05) is 41.6 Å². The topological polar surface area (TPSA) is 29.1 Å². The van der Waals surface area contributed by atoms with Crippen LogP contribution in [-0.4, -0.2) is 13.0 Å². The first kappa shape index (κ1) is 11.1. The van der Waals surface area contributed by atoms with Gasteiger partial charge in [0.05, 0.1) is 4.91 Å². The molecular formula is C10H10ClNOS. The van der Waals surface area contributed by atoms with E-state index in [-0.39, 0.29) is 5.91 Å². The Labute approximate surface area is 92.3 Å². The van der Waals surface area contributed by atoms with Gasteiger partial charge in [0.1, 0.15) is 0 Å². The molecule has 14 heavy (non-hydrogen) atoms. The highest BCUT2D eigenvalue weighted by molar-refractivity contribution is 8.04. The summed E-state index contributed by atoms with van der Waals surface area (Å²) in [4.78, 5) is 12.7. The molecule has 1 N–H and O–H groups in total. The summed E-state index contributed by atoms with van der Waals surface area (Å²) in [6.07, 6.45) is 0. The van der Waals surface area contributed by atoms with Crippen LogP contribution in [0.5, 0.6) is 0 Å². The van der Waals surface area contributed by atoms with Crippen LogP contribution in [-0.2, 0) is 4.79 Å². The largest absolute Gasteiger partial charge is 0.355 e. The molecule has 1 amide bonds. The summed E-state index contributed by atoms with van der Waals surface area (Å²) in [7, 11) is 1.58. The SMILES string of the molecule is CNC(=O)/C(=C/Cl)Sc1ccccc1. The van der Waals surface area contributed by atoms with Gasteiger partial charge in [-0.3, -0.25) is 4.79 Å². The first-order chi connectivity index (χ1) is 6.77. The van der Waals surface area contributed by atoms with Crippen molar-refractivity contribution >= 4 is 29.3 Å². The van der Waals surface area contributed by atoms with E-state index in [1.54, 1.807) is 7.05 Å².